The molecule has 0 saturated carbocycles. The van der Waals surface area contributed by atoms with Gasteiger partial charge < -0.3 is 9.80 Å². The fourth-order valence-corrected chi connectivity index (χ4v) is 5.21. The number of pyridine rings is 1. The molecule has 0 bridgehead atoms. The molecule has 1 fully saturated rings. The molecule has 2 aliphatic rings. The number of amides is 1. The van der Waals surface area contributed by atoms with Crippen molar-refractivity contribution in [1.29, 1.82) is 0 Å². The highest BCUT2D eigenvalue weighted by Gasteiger charge is 2.23. The number of halogens is 1. The molecule has 2 heterocycles. The molecule has 176 valence electrons. The molecule has 1 aromatic heterocycles. The van der Waals surface area contributed by atoms with E-state index in [1.165, 1.54) is 36.1 Å². The van der Waals surface area contributed by atoms with Crippen LogP contribution in [0.1, 0.15) is 53.7 Å². The molecule has 0 N–H and O–H groups in total. The predicted octanol–water partition coefficient (Wildman–Crippen LogP) is 5.90. The minimum absolute atomic E-state index is 0.0978. The van der Waals surface area contributed by atoms with Crippen molar-refractivity contribution in [2.24, 2.45) is 0 Å². The number of aryl methyl sites for hydroxylation is 1. The molecular weight excluding hydrogens is 425 g/mol. The molecule has 5 heteroatoms. The van der Waals surface area contributed by atoms with Gasteiger partial charge in [0.15, 0.2) is 0 Å². The zero-order chi connectivity index (χ0) is 23.3. The Morgan fingerprint density at radius 3 is 2.35 bits per heavy atom. The maximum Gasteiger partial charge on any atom is 0.253 e. The summed E-state index contributed by atoms with van der Waals surface area (Å²) in [5, 5.41) is 0. The highest BCUT2D eigenvalue weighted by atomic mass is 19.1. The first-order valence-electron chi connectivity index (χ1n) is 12.6. The Balaban J connectivity index is 1.44. The zero-order valence-electron chi connectivity index (χ0n) is 19.7. The topological polar surface area (TPSA) is 36.4 Å². The first kappa shape index (κ1) is 22.6. The third-order valence-electron chi connectivity index (χ3n) is 7.07. The number of benzene rings is 2. The average Bonchev–Trinajstić information content (AvgIpc) is 3.11. The van der Waals surface area contributed by atoms with Gasteiger partial charge in [0.2, 0.25) is 0 Å². The van der Waals surface area contributed by atoms with E-state index in [9.17, 15) is 9.18 Å². The number of hydrogen-bond donors (Lipinski definition) is 0. The number of anilines is 1. The summed E-state index contributed by atoms with van der Waals surface area (Å²) in [6.07, 6.45) is 7.74. The lowest BCUT2D eigenvalue weighted by atomic mass is 9.90. The maximum absolute atomic E-state index is 13.6. The van der Waals surface area contributed by atoms with Gasteiger partial charge in [-0.1, -0.05) is 43.2 Å². The van der Waals surface area contributed by atoms with Crippen LogP contribution >= 0.6 is 0 Å². The van der Waals surface area contributed by atoms with E-state index in [1.54, 1.807) is 12.1 Å². The third kappa shape index (κ3) is 4.98. The molecule has 0 atom stereocenters. The van der Waals surface area contributed by atoms with Crippen LogP contribution in [0.2, 0.25) is 0 Å². The van der Waals surface area contributed by atoms with E-state index in [0.29, 0.717) is 6.54 Å². The molecule has 0 spiro atoms. The minimum Gasteiger partial charge on any atom is -0.355 e. The number of fused-ring (bicyclic) bond motifs is 1. The molecular formula is C29H32FN3O. The summed E-state index contributed by atoms with van der Waals surface area (Å²) in [6, 6.07) is 18.6. The molecule has 2 aromatic carbocycles. The van der Waals surface area contributed by atoms with Crippen LogP contribution in [-0.4, -0.2) is 42.0 Å². The van der Waals surface area contributed by atoms with Crippen LogP contribution in [0.4, 0.5) is 10.2 Å². The van der Waals surface area contributed by atoms with Crippen molar-refractivity contribution in [1.82, 2.24) is 9.88 Å². The smallest absolute Gasteiger partial charge is 0.253 e. The fourth-order valence-electron chi connectivity index (χ4n) is 5.21. The van der Waals surface area contributed by atoms with Gasteiger partial charge in [0.1, 0.15) is 11.6 Å². The standard InChI is InChI=1S/C29H32FN3O/c30-24-15-13-22(14-16-24)26-21-28(31-27-12-7-2-1-6-11-25(26)27)32-17-8-18-33(20-19-32)29(34)23-9-4-3-5-10-23/h3-5,9-10,13-16,21H,1-2,6-8,11-12,17-20H2. The summed E-state index contributed by atoms with van der Waals surface area (Å²) in [5.41, 5.74) is 5.50. The van der Waals surface area contributed by atoms with Crippen molar-refractivity contribution in [3.63, 3.8) is 0 Å². The third-order valence-corrected chi connectivity index (χ3v) is 7.07. The minimum atomic E-state index is -0.211. The SMILES string of the molecule is O=C(c1ccccc1)N1CCCN(c2cc(-c3ccc(F)cc3)c3c(n2)CCCCCC3)CC1. The van der Waals surface area contributed by atoms with Gasteiger partial charge in [0.05, 0.1) is 0 Å². The predicted molar refractivity (Wildman–Crippen MR) is 135 cm³/mol. The van der Waals surface area contributed by atoms with Crippen LogP contribution in [0.5, 0.6) is 0 Å². The van der Waals surface area contributed by atoms with E-state index in [1.807, 2.05) is 47.4 Å². The molecule has 1 aliphatic heterocycles. The van der Waals surface area contributed by atoms with Gasteiger partial charge >= 0.3 is 0 Å². The number of rotatable bonds is 3. The lowest BCUT2D eigenvalue weighted by molar-refractivity contribution is 0.0767. The Hall–Kier alpha value is -3.21. The van der Waals surface area contributed by atoms with E-state index in [4.69, 9.17) is 4.98 Å². The van der Waals surface area contributed by atoms with E-state index < -0.39 is 0 Å². The number of carbonyl (C=O) groups excluding carboxylic acids is 1. The molecule has 0 radical (unpaired) electrons. The summed E-state index contributed by atoms with van der Waals surface area (Å²) in [6.45, 7) is 3.05. The van der Waals surface area contributed by atoms with Gasteiger partial charge in [-0.05, 0) is 79.1 Å². The van der Waals surface area contributed by atoms with Crippen molar-refractivity contribution < 1.29 is 9.18 Å². The summed E-state index contributed by atoms with van der Waals surface area (Å²) >= 11 is 0. The second-order valence-corrected chi connectivity index (χ2v) is 9.37. The monoisotopic (exact) mass is 457 g/mol. The Labute approximate surface area is 201 Å². The quantitative estimate of drug-likeness (QED) is 0.491. The Morgan fingerprint density at radius 2 is 1.56 bits per heavy atom. The van der Waals surface area contributed by atoms with Crippen molar-refractivity contribution >= 4 is 11.7 Å². The van der Waals surface area contributed by atoms with Crippen LogP contribution in [-0.2, 0) is 12.8 Å². The lowest BCUT2D eigenvalue weighted by Gasteiger charge is -2.26. The largest absolute Gasteiger partial charge is 0.355 e. The zero-order valence-corrected chi connectivity index (χ0v) is 19.7. The first-order chi connectivity index (χ1) is 16.7. The fraction of sp³-hybridized carbons (Fsp3) is 0.379. The summed E-state index contributed by atoms with van der Waals surface area (Å²) in [4.78, 5) is 22.4. The van der Waals surface area contributed by atoms with Crippen molar-refractivity contribution in [3.05, 3.63) is 83.3 Å². The number of carbonyl (C=O) groups is 1. The highest BCUT2D eigenvalue weighted by Crippen LogP contribution is 2.33. The van der Waals surface area contributed by atoms with Gasteiger partial charge in [-0.25, -0.2) is 9.37 Å². The molecule has 5 rings (SSSR count). The second kappa shape index (κ2) is 10.4. The van der Waals surface area contributed by atoms with Gasteiger partial charge in [-0.2, -0.15) is 0 Å². The number of hydrogen-bond acceptors (Lipinski definition) is 3. The molecule has 3 aromatic rings. The Morgan fingerprint density at radius 1 is 0.794 bits per heavy atom. The van der Waals surface area contributed by atoms with E-state index in [0.717, 1.165) is 62.3 Å². The van der Waals surface area contributed by atoms with Crippen LogP contribution in [0.15, 0.2) is 60.7 Å². The van der Waals surface area contributed by atoms with E-state index in [-0.39, 0.29) is 11.7 Å². The van der Waals surface area contributed by atoms with Crippen molar-refractivity contribution in [2.45, 2.75) is 44.9 Å². The highest BCUT2D eigenvalue weighted by molar-refractivity contribution is 5.94. The van der Waals surface area contributed by atoms with Crippen LogP contribution in [0, 0.1) is 5.82 Å². The molecule has 34 heavy (non-hydrogen) atoms. The molecule has 1 saturated heterocycles. The van der Waals surface area contributed by atoms with Crippen LogP contribution < -0.4 is 4.90 Å². The first-order valence-corrected chi connectivity index (χ1v) is 12.6. The lowest BCUT2D eigenvalue weighted by Crippen LogP contribution is -2.35. The van der Waals surface area contributed by atoms with Crippen LogP contribution in [0.3, 0.4) is 0 Å². The van der Waals surface area contributed by atoms with E-state index >= 15 is 0 Å². The summed E-state index contributed by atoms with van der Waals surface area (Å²) in [7, 11) is 0. The summed E-state index contributed by atoms with van der Waals surface area (Å²) in [5.74, 6) is 0.866. The van der Waals surface area contributed by atoms with Gasteiger partial charge in [-0.3, -0.25) is 4.79 Å². The van der Waals surface area contributed by atoms with Gasteiger partial charge in [-0.15, -0.1) is 0 Å². The maximum atomic E-state index is 13.6. The number of aromatic nitrogens is 1. The number of nitrogens with zero attached hydrogens (tertiary/aromatic N) is 3. The van der Waals surface area contributed by atoms with Gasteiger partial charge in [0.25, 0.3) is 5.91 Å². The van der Waals surface area contributed by atoms with Crippen molar-refractivity contribution in [3.8, 4) is 11.1 Å². The average molecular weight is 458 g/mol. The Bertz CT molecular complexity index is 1130. The van der Waals surface area contributed by atoms with E-state index in [2.05, 4.69) is 11.0 Å². The molecule has 1 amide bonds. The molecule has 0 unspecified atom stereocenters. The normalized spacial score (nSPS) is 16.9. The molecule has 4 nitrogen and oxygen atoms in total. The molecule has 1 aliphatic carbocycles. The van der Waals surface area contributed by atoms with Crippen LogP contribution in [0.25, 0.3) is 11.1 Å². The Kier molecular flexibility index (Phi) is 6.89. The second-order valence-electron chi connectivity index (χ2n) is 9.37. The summed E-state index contributed by atoms with van der Waals surface area (Å²) < 4.78 is 13.6. The van der Waals surface area contributed by atoms with Crippen molar-refractivity contribution in [2.75, 3.05) is 31.1 Å². The van der Waals surface area contributed by atoms with Gasteiger partial charge in [0, 0.05) is 37.4 Å².